The molecule has 2 amide bonds. The molecule has 0 aliphatic carbocycles. The van der Waals surface area contributed by atoms with Gasteiger partial charge in [0.05, 0.1) is 0 Å². The van der Waals surface area contributed by atoms with Crippen molar-refractivity contribution in [2.45, 2.75) is 32.1 Å². The highest BCUT2D eigenvalue weighted by Gasteiger charge is 2.45. The summed E-state index contributed by atoms with van der Waals surface area (Å²) in [5, 5.41) is 0. The van der Waals surface area contributed by atoms with E-state index in [1.165, 1.54) is 5.56 Å². The van der Waals surface area contributed by atoms with Crippen LogP contribution in [0.1, 0.15) is 41.7 Å². The van der Waals surface area contributed by atoms with Crippen LogP contribution in [0.5, 0.6) is 0 Å². The molecule has 2 aromatic rings. The molecule has 0 atom stereocenters. The molecule has 3 heterocycles. The first kappa shape index (κ1) is 18.8. The van der Waals surface area contributed by atoms with Crippen LogP contribution in [-0.2, 0) is 18.3 Å². The number of benzene rings is 1. The van der Waals surface area contributed by atoms with Gasteiger partial charge >= 0.3 is 0 Å². The minimum Gasteiger partial charge on any atom is -0.347 e. The molecule has 4 rings (SSSR count). The van der Waals surface area contributed by atoms with E-state index >= 15 is 0 Å². The van der Waals surface area contributed by atoms with Gasteiger partial charge < -0.3 is 14.4 Å². The van der Waals surface area contributed by atoms with Gasteiger partial charge in [0.25, 0.3) is 5.91 Å². The number of piperidine rings is 1. The number of likely N-dealkylation sites (tertiary alicyclic amines) is 2. The quantitative estimate of drug-likeness (QED) is 0.801. The van der Waals surface area contributed by atoms with E-state index in [0.29, 0.717) is 6.42 Å². The Morgan fingerprint density at radius 2 is 1.82 bits per heavy atom. The number of aryl methyl sites for hydroxylation is 2. The van der Waals surface area contributed by atoms with Crippen LogP contribution in [0.25, 0.3) is 0 Å². The van der Waals surface area contributed by atoms with Gasteiger partial charge in [-0.25, -0.2) is 0 Å². The Balaban J connectivity index is 1.29. The Morgan fingerprint density at radius 3 is 2.50 bits per heavy atom. The van der Waals surface area contributed by atoms with Crippen LogP contribution in [0.15, 0.2) is 48.7 Å². The first-order valence-electron chi connectivity index (χ1n) is 10.3. The highest BCUT2D eigenvalue weighted by Crippen LogP contribution is 2.41. The third-order valence-electron chi connectivity index (χ3n) is 6.42. The average molecular weight is 380 g/mol. The lowest BCUT2D eigenvalue weighted by Gasteiger charge is -2.38. The molecule has 0 N–H and O–H groups in total. The van der Waals surface area contributed by atoms with Gasteiger partial charge in [-0.15, -0.1) is 0 Å². The maximum Gasteiger partial charge on any atom is 0.270 e. The van der Waals surface area contributed by atoms with E-state index in [0.717, 1.165) is 57.6 Å². The van der Waals surface area contributed by atoms with E-state index in [1.54, 1.807) is 0 Å². The Morgan fingerprint density at radius 1 is 1.07 bits per heavy atom. The topological polar surface area (TPSA) is 45.6 Å². The fourth-order valence-electron chi connectivity index (χ4n) is 4.67. The highest BCUT2D eigenvalue weighted by atomic mass is 16.2. The lowest BCUT2D eigenvalue weighted by atomic mass is 9.77. The molecule has 2 saturated heterocycles. The molecule has 0 saturated carbocycles. The summed E-state index contributed by atoms with van der Waals surface area (Å²) in [7, 11) is 1.90. The number of hydrogen-bond donors (Lipinski definition) is 0. The normalized spacial score (nSPS) is 18.8. The number of amides is 2. The highest BCUT2D eigenvalue weighted by molar-refractivity contribution is 5.92. The fourth-order valence-corrected chi connectivity index (χ4v) is 4.67. The van der Waals surface area contributed by atoms with E-state index in [9.17, 15) is 9.59 Å². The molecule has 5 nitrogen and oxygen atoms in total. The van der Waals surface area contributed by atoms with Crippen LogP contribution in [0.3, 0.4) is 0 Å². The van der Waals surface area contributed by atoms with E-state index in [-0.39, 0.29) is 17.2 Å². The van der Waals surface area contributed by atoms with Crippen molar-refractivity contribution >= 4 is 11.8 Å². The van der Waals surface area contributed by atoms with Crippen molar-refractivity contribution in [1.82, 2.24) is 14.4 Å². The van der Waals surface area contributed by atoms with Gasteiger partial charge in [0.15, 0.2) is 0 Å². The molecular weight excluding hydrogens is 350 g/mol. The van der Waals surface area contributed by atoms with Gasteiger partial charge in [0.1, 0.15) is 5.69 Å². The summed E-state index contributed by atoms with van der Waals surface area (Å²) >= 11 is 0. The van der Waals surface area contributed by atoms with E-state index in [4.69, 9.17) is 0 Å². The fraction of sp³-hybridized carbons (Fsp3) is 0.478. The maximum atomic E-state index is 12.7. The monoisotopic (exact) mass is 379 g/mol. The largest absolute Gasteiger partial charge is 0.347 e. The molecule has 2 aliphatic heterocycles. The van der Waals surface area contributed by atoms with E-state index < -0.39 is 0 Å². The standard InChI is InChI=1S/C23H29N3O2/c1-24-13-6-10-20(24)22(28)25-15-11-23(12-16-25)17-21(27)26(18-23)14-5-9-19-7-3-2-4-8-19/h2-4,6-8,10,13H,5,9,11-12,14-18H2,1H3. The van der Waals surface area contributed by atoms with Crippen molar-refractivity contribution in [2.24, 2.45) is 12.5 Å². The molecule has 28 heavy (non-hydrogen) atoms. The Bertz CT molecular complexity index is 835. The Hall–Kier alpha value is -2.56. The second kappa shape index (κ2) is 7.82. The Kier molecular flexibility index (Phi) is 5.25. The zero-order chi connectivity index (χ0) is 19.6. The molecule has 1 aromatic heterocycles. The third-order valence-corrected chi connectivity index (χ3v) is 6.42. The van der Waals surface area contributed by atoms with Crippen molar-refractivity contribution in [3.05, 3.63) is 59.9 Å². The first-order valence-corrected chi connectivity index (χ1v) is 10.3. The first-order chi connectivity index (χ1) is 13.6. The van der Waals surface area contributed by atoms with Crippen molar-refractivity contribution in [1.29, 1.82) is 0 Å². The van der Waals surface area contributed by atoms with Crippen molar-refractivity contribution < 1.29 is 9.59 Å². The number of nitrogens with zero attached hydrogens (tertiary/aromatic N) is 3. The summed E-state index contributed by atoms with van der Waals surface area (Å²) in [5.41, 5.74) is 2.13. The molecule has 148 valence electrons. The molecule has 1 spiro atoms. The summed E-state index contributed by atoms with van der Waals surface area (Å²) in [6.07, 6.45) is 6.40. The number of carbonyl (C=O) groups excluding carboxylic acids is 2. The van der Waals surface area contributed by atoms with Gasteiger partial charge in [0.2, 0.25) is 5.91 Å². The summed E-state index contributed by atoms with van der Waals surface area (Å²) in [4.78, 5) is 29.3. The zero-order valence-corrected chi connectivity index (χ0v) is 16.6. The van der Waals surface area contributed by atoms with Crippen LogP contribution >= 0.6 is 0 Å². The molecule has 2 aliphatic rings. The van der Waals surface area contributed by atoms with Crippen LogP contribution in [0.4, 0.5) is 0 Å². The summed E-state index contributed by atoms with van der Waals surface area (Å²) < 4.78 is 1.88. The average Bonchev–Trinajstić information content (AvgIpc) is 3.26. The second-order valence-electron chi connectivity index (χ2n) is 8.38. The van der Waals surface area contributed by atoms with Gasteiger partial charge in [-0.05, 0) is 43.4 Å². The summed E-state index contributed by atoms with van der Waals surface area (Å²) in [6, 6.07) is 14.2. The second-order valence-corrected chi connectivity index (χ2v) is 8.38. The van der Waals surface area contributed by atoms with Crippen LogP contribution in [0, 0.1) is 5.41 Å². The zero-order valence-electron chi connectivity index (χ0n) is 16.6. The minimum atomic E-state index is 0.0643. The summed E-state index contributed by atoms with van der Waals surface area (Å²) in [6.45, 7) is 3.18. The summed E-state index contributed by atoms with van der Waals surface area (Å²) in [5.74, 6) is 0.390. The predicted molar refractivity (Wildman–Crippen MR) is 109 cm³/mol. The van der Waals surface area contributed by atoms with Gasteiger partial charge in [-0.3, -0.25) is 9.59 Å². The molecule has 0 unspecified atom stereocenters. The molecule has 5 heteroatoms. The lowest BCUT2D eigenvalue weighted by molar-refractivity contribution is -0.127. The smallest absolute Gasteiger partial charge is 0.270 e. The van der Waals surface area contributed by atoms with Crippen molar-refractivity contribution in [2.75, 3.05) is 26.2 Å². The number of hydrogen-bond acceptors (Lipinski definition) is 2. The number of aromatic nitrogens is 1. The molecular formula is C23H29N3O2. The van der Waals surface area contributed by atoms with Crippen LogP contribution < -0.4 is 0 Å². The predicted octanol–water partition coefficient (Wildman–Crippen LogP) is 3.11. The van der Waals surface area contributed by atoms with Crippen molar-refractivity contribution in [3.8, 4) is 0 Å². The maximum absolute atomic E-state index is 12.7. The van der Waals surface area contributed by atoms with Crippen molar-refractivity contribution in [3.63, 3.8) is 0 Å². The number of carbonyl (C=O) groups is 2. The van der Waals surface area contributed by atoms with E-state index in [2.05, 4.69) is 29.2 Å². The lowest BCUT2D eigenvalue weighted by Crippen LogP contribution is -2.44. The van der Waals surface area contributed by atoms with E-state index in [1.807, 2.05) is 40.9 Å². The van der Waals surface area contributed by atoms with Gasteiger partial charge in [-0.1, -0.05) is 30.3 Å². The minimum absolute atomic E-state index is 0.0643. The molecule has 0 bridgehead atoms. The van der Waals surface area contributed by atoms with Gasteiger partial charge in [-0.2, -0.15) is 0 Å². The third kappa shape index (κ3) is 3.84. The molecule has 1 aromatic carbocycles. The van der Waals surface area contributed by atoms with Crippen LogP contribution in [0.2, 0.25) is 0 Å². The van der Waals surface area contributed by atoms with Crippen LogP contribution in [-0.4, -0.2) is 52.4 Å². The Labute approximate surface area is 166 Å². The van der Waals surface area contributed by atoms with Gasteiger partial charge in [0, 0.05) is 51.3 Å². The molecule has 0 radical (unpaired) electrons. The molecule has 2 fully saturated rings. The SMILES string of the molecule is Cn1cccc1C(=O)N1CCC2(CC1)CC(=O)N(CCCc1ccccc1)C2. The number of rotatable bonds is 5.